The van der Waals surface area contributed by atoms with Crippen LogP contribution in [0.25, 0.3) is 0 Å². The van der Waals surface area contributed by atoms with Gasteiger partial charge in [-0.3, -0.25) is 9.00 Å². The lowest BCUT2D eigenvalue weighted by Crippen LogP contribution is -2.47. The molecule has 2 saturated heterocycles. The van der Waals surface area contributed by atoms with Crippen molar-refractivity contribution in [2.24, 2.45) is 0 Å². The standard InChI is InChI=1S/C17H23ClN4O3S/c1-12-4-8-26(25)9-7-22(12)17(24)20-13-2-3-15(14(18)10-13)21-6-5-19-16(23)11-21/h2-3,10,12H,4-9,11H2,1H3,(H,19,23)(H,20,24). The van der Waals surface area contributed by atoms with E-state index in [1.54, 1.807) is 17.0 Å². The van der Waals surface area contributed by atoms with E-state index < -0.39 is 10.8 Å². The number of hydrogen-bond acceptors (Lipinski definition) is 4. The number of halogens is 1. The summed E-state index contributed by atoms with van der Waals surface area (Å²) in [7, 11) is -0.856. The summed E-state index contributed by atoms with van der Waals surface area (Å²) in [6.45, 7) is 4.00. The molecule has 2 unspecified atom stereocenters. The number of anilines is 2. The molecule has 2 atom stereocenters. The second kappa shape index (κ2) is 8.26. The Kier molecular flexibility index (Phi) is 6.03. The molecule has 2 aliphatic rings. The van der Waals surface area contributed by atoms with Gasteiger partial charge in [0, 0.05) is 53.7 Å². The Bertz CT molecular complexity index is 730. The third kappa shape index (κ3) is 4.48. The van der Waals surface area contributed by atoms with Gasteiger partial charge in [-0.05, 0) is 31.5 Å². The molecule has 2 heterocycles. The van der Waals surface area contributed by atoms with Crippen molar-refractivity contribution in [2.45, 2.75) is 19.4 Å². The van der Waals surface area contributed by atoms with Gasteiger partial charge in [0.1, 0.15) is 0 Å². The van der Waals surface area contributed by atoms with Gasteiger partial charge >= 0.3 is 6.03 Å². The summed E-state index contributed by atoms with van der Waals surface area (Å²) in [6, 6.07) is 5.13. The molecule has 2 fully saturated rings. The van der Waals surface area contributed by atoms with E-state index in [0.29, 0.717) is 41.8 Å². The molecule has 0 aromatic heterocycles. The molecule has 3 amide bonds. The highest BCUT2D eigenvalue weighted by Gasteiger charge is 2.25. The number of carbonyl (C=O) groups is 2. The molecule has 0 radical (unpaired) electrons. The number of piperazine rings is 1. The third-order valence-corrected chi connectivity index (χ3v) is 6.33. The van der Waals surface area contributed by atoms with Crippen molar-refractivity contribution >= 4 is 45.7 Å². The van der Waals surface area contributed by atoms with E-state index in [1.807, 2.05) is 17.9 Å². The predicted octanol–water partition coefficient (Wildman–Crippen LogP) is 1.65. The van der Waals surface area contributed by atoms with E-state index in [2.05, 4.69) is 10.6 Å². The fourth-order valence-electron chi connectivity index (χ4n) is 3.16. The zero-order chi connectivity index (χ0) is 18.7. The van der Waals surface area contributed by atoms with Gasteiger partial charge in [0.05, 0.1) is 17.3 Å². The Morgan fingerprint density at radius 2 is 2.15 bits per heavy atom. The van der Waals surface area contributed by atoms with Gasteiger partial charge in [-0.2, -0.15) is 0 Å². The molecule has 142 valence electrons. The van der Waals surface area contributed by atoms with Gasteiger partial charge in [0.15, 0.2) is 0 Å². The zero-order valence-corrected chi connectivity index (χ0v) is 16.2. The average Bonchev–Trinajstić information content (AvgIpc) is 2.76. The monoisotopic (exact) mass is 398 g/mol. The largest absolute Gasteiger partial charge is 0.359 e. The molecule has 7 nitrogen and oxygen atoms in total. The molecule has 2 aliphatic heterocycles. The maximum absolute atomic E-state index is 12.6. The average molecular weight is 399 g/mol. The normalized spacial score (nSPS) is 24.0. The number of urea groups is 1. The van der Waals surface area contributed by atoms with Crippen LogP contribution in [0.5, 0.6) is 0 Å². The molecule has 0 saturated carbocycles. The highest BCUT2D eigenvalue weighted by atomic mass is 35.5. The van der Waals surface area contributed by atoms with E-state index in [4.69, 9.17) is 11.6 Å². The second-order valence-electron chi connectivity index (χ2n) is 6.55. The molecule has 0 bridgehead atoms. The summed E-state index contributed by atoms with van der Waals surface area (Å²) in [6.07, 6.45) is 0.733. The first-order chi connectivity index (χ1) is 12.4. The molecule has 1 aromatic rings. The Hall–Kier alpha value is -1.80. The SMILES string of the molecule is CC1CCS(=O)CCN1C(=O)Nc1ccc(N2CCNC(=O)C2)c(Cl)c1. The zero-order valence-electron chi connectivity index (χ0n) is 14.7. The first kappa shape index (κ1) is 19.0. The van der Waals surface area contributed by atoms with Crippen molar-refractivity contribution in [1.82, 2.24) is 10.2 Å². The lowest BCUT2D eigenvalue weighted by Gasteiger charge is -2.30. The maximum Gasteiger partial charge on any atom is 0.322 e. The van der Waals surface area contributed by atoms with Crippen LogP contribution < -0.4 is 15.5 Å². The number of amides is 3. The van der Waals surface area contributed by atoms with Crippen LogP contribution in [0.4, 0.5) is 16.2 Å². The number of benzene rings is 1. The quantitative estimate of drug-likeness (QED) is 0.793. The molecule has 3 rings (SSSR count). The van der Waals surface area contributed by atoms with E-state index >= 15 is 0 Å². The van der Waals surface area contributed by atoms with E-state index in [-0.39, 0.29) is 24.5 Å². The third-order valence-electron chi connectivity index (χ3n) is 4.69. The minimum atomic E-state index is -0.856. The predicted molar refractivity (Wildman–Crippen MR) is 104 cm³/mol. The van der Waals surface area contributed by atoms with Crippen LogP contribution in [-0.4, -0.2) is 64.8 Å². The van der Waals surface area contributed by atoms with Crippen LogP contribution >= 0.6 is 11.6 Å². The summed E-state index contributed by atoms with van der Waals surface area (Å²) < 4.78 is 11.7. The number of nitrogens with one attached hydrogen (secondary N) is 2. The fourth-order valence-corrected chi connectivity index (χ4v) is 4.67. The summed E-state index contributed by atoms with van der Waals surface area (Å²) >= 11 is 6.38. The van der Waals surface area contributed by atoms with Crippen molar-refractivity contribution in [3.8, 4) is 0 Å². The first-order valence-electron chi connectivity index (χ1n) is 8.68. The smallest absolute Gasteiger partial charge is 0.322 e. The van der Waals surface area contributed by atoms with Gasteiger partial charge in [-0.15, -0.1) is 0 Å². The summed E-state index contributed by atoms with van der Waals surface area (Å²) in [5.74, 6) is 1.11. The van der Waals surface area contributed by atoms with Gasteiger partial charge < -0.3 is 20.4 Å². The summed E-state index contributed by atoms with van der Waals surface area (Å²) in [5, 5.41) is 6.14. The lowest BCUT2D eigenvalue weighted by atomic mass is 10.2. The second-order valence-corrected chi connectivity index (χ2v) is 8.65. The molecule has 26 heavy (non-hydrogen) atoms. The molecular weight excluding hydrogens is 376 g/mol. The first-order valence-corrected chi connectivity index (χ1v) is 10.5. The van der Waals surface area contributed by atoms with Crippen molar-refractivity contribution in [1.29, 1.82) is 0 Å². The number of hydrogen-bond donors (Lipinski definition) is 2. The van der Waals surface area contributed by atoms with Gasteiger partial charge in [-0.1, -0.05) is 11.6 Å². The van der Waals surface area contributed by atoms with Crippen LogP contribution in [0.1, 0.15) is 13.3 Å². The van der Waals surface area contributed by atoms with Crippen molar-refractivity contribution in [2.75, 3.05) is 47.9 Å². The Balaban J connectivity index is 1.68. The minimum absolute atomic E-state index is 0.0303. The molecule has 9 heteroatoms. The molecule has 0 aliphatic carbocycles. The maximum atomic E-state index is 12.6. The molecule has 0 spiro atoms. The van der Waals surface area contributed by atoms with Gasteiger partial charge in [-0.25, -0.2) is 4.79 Å². The summed E-state index contributed by atoms with van der Waals surface area (Å²) in [5.41, 5.74) is 1.38. The van der Waals surface area contributed by atoms with Gasteiger partial charge in [0.25, 0.3) is 0 Å². The number of nitrogens with zero attached hydrogens (tertiary/aromatic N) is 2. The van der Waals surface area contributed by atoms with Crippen LogP contribution in [0, 0.1) is 0 Å². The minimum Gasteiger partial charge on any atom is -0.359 e. The molecule has 1 aromatic carbocycles. The van der Waals surface area contributed by atoms with Crippen LogP contribution in [-0.2, 0) is 15.6 Å². The Labute approximate surface area is 160 Å². The Morgan fingerprint density at radius 1 is 1.35 bits per heavy atom. The van der Waals surface area contributed by atoms with E-state index in [9.17, 15) is 13.8 Å². The fraction of sp³-hybridized carbons (Fsp3) is 0.529. The topological polar surface area (TPSA) is 81.8 Å². The number of carbonyl (C=O) groups excluding carboxylic acids is 2. The summed E-state index contributed by atoms with van der Waals surface area (Å²) in [4.78, 5) is 27.8. The number of rotatable bonds is 2. The highest BCUT2D eigenvalue weighted by molar-refractivity contribution is 7.85. The van der Waals surface area contributed by atoms with Crippen LogP contribution in [0.2, 0.25) is 5.02 Å². The van der Waals surface area contributed by atoms with Crippen LogP contribution in [0.15, 0.2) is 18.2 Å². The lowest BCUT2D eigenvalue weighted by molar-refractivity contribution is -0.120. The van der Waals surface area contributed by atoms with Crippen LogP contribution in [0.3, 0.4) is 0 Å². The molecular formula is C17H23ClN4O3S. The van der Waals surface area contributed by atoms with Crippen molar-refractivity contribution in [3.63, 3.8) is 0 Å². The van der Waals surface area contributed by atoms with Crippen molar-refractivity contribution in [3.05, 3.63) is 23.2 Å². The van der Waals surface area contributed by atoms with Crippen molar-refractivity contribution < 1.29 is 13.8 Å². The molecule has 2 N–H and O–H groups in total. The highest BCUT2D eigenvalue weighted by Crippen LogP contribution is 2.29. The van der Waals surface area contributed by atoms with Gasteiger partial charge in [0.2, 0.25) is 5.91 Å². The van der Waals surface area contributed by atoms with E-state index in [0.717, 1.165) is 12.1 Å². The van der Waals surface area contributed by atoms with E-state index in [1.165, 1.54) is 0 Å². The Morgan fingerprint density at radius 3 is 2.88 bits per heavy atom.